The van der Waals surface area contributed by atoms with Crippen molar-refractivity contribution in [3.05, 3.63) is 0 Å². The van der Waals surface area contributed by atoms with E-state index in [4.69, 9.17) is 42.6 Å². The Balaban J connectivity index is 1.55. The van der Waals surface area contributed by atoms with Crippen LogP contribution in [0.2, 0.25) is 0 Å². The molecule has 0 radical (unpaired) electrons. The van der Waals surface area contributed by atoms with Gasteiger partial charge < -0.3 is 115 Å². The molecule has 3 aliphatic heterocycles. The van der Waals surface area contributed by atoms with Crippen molar-refractivity contribution in [3.8, 4) is 0 Å². The van der Waals surface area contributed by atoms with Gasteiger partial charge in [0.1, 0.15) is 42.2 Å². The zero-order valence-electron chi connectivity index (χ0n) is 58.0. The minimum Gasteiger partial charge on any atom is -0.394 e. The summed E-state index contributed by atoms with van der Waals surface area (Å²) in [5, 5.41) is 105. The molecule has 0 aromatic carbocycles. The summed E-state index contributed by atoms with van der Waals surface area (Å²) in [6, 6.07) is 0. The second-order valence-corrected chi connectivity index (χ2v) is 27.3. The number of aliphatic hydroxyl groups is 9. The first-order valence-corrected chi connectivity index (χ1v) is 35.3. The average Bonchev–Trinajstić information content (AvgIpc) is 0.857. The van der Waals surface area contributed by atoms with Gasteiger partial charge >= 0.3 is 0 Å². The molecule has 14 N–H and O–H groups in total. The predicted molar refractivity (Wildman–Crippen MR) is 350 cm³/mol. The van der Waals surface area contributed by atoms with E-state index in [0.29, 0.717) is 84.5 Å². The van der Waals surface area contributed by atoms with Gasteiger partial charge in [-0.05, 0) is 63.2 Å². The van der Waals surface area contributed by atoms with Crippen molar-refractivity contribution in [3.63, 3.8) is 0 Å². The first-order valence-electron chi connectivity index (χ1n) is 35.3. The highest BCUT2D eigenvalue weighted by Crippen LogP contribution is 2.30. The Labute approximate surface area is 564 Å². The van der Waals surface area contributed by atoms with Crippen LogP contribution in [0.15, 0.2) is 0 Å². The minimum absolute atomic E-state index is 0.00293. The molecule has 0 aromatic rings. The van der Waals surface area contributed by atoms with E-state index >= 15 is 0 Å². The van der Waals surface area contributed by atoms with E-state index in [-0.39, 0.29) is 107 Å². The number of rotatable bonds is 53. The lowest BCUT2D eigenvalue weighted by Crippen LogP contribution is -2.58. The highest BCUT2D eigenvalue weighted by Gasteiger charge is 2.45. The number of aliphatic hydroxyl groups excluding tert-OH is 9. The smallest absolute Gasteiger partial charge is 0.222 e. The number of nitrogens with one attached hydrogen (secondary N) is 5. The zero-order valence-corrected chi connectivity index (χ0v) is 58.0. The number of hydrogen-bond donors (Lipinski definition) is 14. The van der Waals surface area contributed by atoms with E-state index in [0.717, 1.165) is 70.6 Å². The Morgan fingerprint density at radius 1 is 0.358 bits per heavy atom. The van der Waals surface area contributed by atoms with Crippen LogP contribution in [-0.4, -0.2) is 260 Å². The van der Waals surface area contributed by atoms with Crippen LogP contribution < -0.4 is 26.6 Å². The standard InChI is InChI=1S/C67H125N5O23/c1-46-57(81)60(84)49(40-73)93-63(46)90-34-20-12-9-17-31-69-53(77)26-37-87-43-67(72-56(80)25-23-24-52(76)68-30-16-8-7-15-29-66(4,5)6,44-88-38-27-54(78)70-32-18-10-13-21-35-91-64-47(2)58(82)61(85)50(41-74)94-64)45-89-39-28-55(79)71-33-19-11-14-22-36-92-65-48(3)59(83)62(86)51(42-75)95-65/h46-51,57-65,73-75,81-86H,7-45H2,1-6H3,(H,68,76)(H,69,77)(H,70,78)(H,71,79)(H,72,80)/t46?,47?,48?,49?,50?,51?,57-,58-,59-,60+,61+,62+,63-,64-,65-,67?/m1/s1. The third-order valence-corrected chi connectivity index (χ3v) is 17.5. The lowest BCUT2D eigenvalue weighted by molar-refractivity contribution is -0.282. The summed E-state index contributed by atoms with van der Waals surface area (Å²) in [4.78, 5) is 65.7. The minimum atomic E-state index is -1.36. The summed E-state index contributed by atoms with van der Waals surface area (Å²) in [5.41, 5.74) is -1.08. The summed E-state index contributed by atoms with van der Waals surface area (Å²) in [6.45, 7) is 12.7. The Morgan fingerprint density at radius 3 is 0.947 bits per heavy atom. The van der Waals surface area contributed by atoms with Gasteiger partial charge in [-0.25, -0.2) is 0 Å². The van der Waals surface area contributed by atoms with Crippen molar-refractivity contribution in [1.29, 1.82) is 0 Å². The van der Waals surface area contributed by atoms with Crippen molar-refractivity contribution in [1.82, 2.24) is 26.6 Å². The third kappa shape index (κ3) is 35.5. The molecule has 3 heterocycles. The molecule has 0 aromatic heterocycles. The predicted octanol–water partition coefficient (Wildman–Crippen LogP) is 1.65. The topological polar surface area (TPSA) is 411 Å². The van der Waals surface area contributed by atoms with Gasteiger partial charge in [-0.2, -0.15) is 0 Å². The quantitative estimate of drug-likeness (QED) is 0.0385. The van der Waals surface area contributed by atoms with Gasteiger partial charge in [0.25, 0.3) is 0 Å². The number of hydrogen-bond acceptors (Lipinski definition) is 23. The number of carbonyl (C=O) groups is 5. The monoisotopic (exact) mass is 1370 g/mol. The van der Waals surface area contributed by atoms with Gasteiger partial charge in [0, 0.05) is 95.9 Å². The van der Waals surface area contributed by atoms with Gasteiger partial charge in [-0.15, -0.1) is 0 Å². The Bertz CT molecular complexity index is 1890. The number of unbranched alkanes of at least 4 members (excludes halogenated alkanes) is 12. The Morgan fingerprint density at radius 2 is 0.642 bits per heavy atom. The molecule has 556 valence electrons. The van der Waals surface area contributed by atoms with E-state index in [9.17, 15) is 69.9 Å². The maximum Gasteiger partial charge on any atom is 0.222 e. The lowest BCUT2D eigenvalue weighted by atomic mass is 9.89. The SMILES string of the molecule is CC1[C@H](OCCCCCCNC(=O)CCOCC(COCCC(=O)NCCCCCCO[C@@H]2OC(CO)[C@H](O)[C@H](O)C2C)(COCCC(=O)NCCCCCCO[C@@H]2OC(CO)[C@H](O)[C@H](O)C2C)NC(=O)CCCC(=O)NCCCCCCC(C)(C)C)OC(CO)[C@H](O)[C@@H]1O. The fourth-order valence-electron chi connectivity index (χ4n) is 11.3. The van der Waals surface area contributed by atoms with Crippen molar-refractivity contribution >= 4 is 29.5 Å². The van der Waals surface area contributed by atoms with Gasteiger partial charge in [-0.3, -0.25) is 24.0 Å². The fraction of sp³-hybridized carbons (Fsp3) is 0.925. The van der Waals surface area contributed by atoms with Crippen LogP contribution in [-0.2, 0) is 66.6 Å². The molecule has 3 rings (SSSR count). The first-order chi connectivity index (χ1) is 45.5. The molecule has 6 unspecified atom stereocenters. The Kier molecular flexibility index (Phi) is 44.5. The maximum absolute atomic E-state index is 13.9. The highest BCUT2D eigenvalue weighted by molar-refractivity contribution is 5.79. The van der Waals surface area contributed by atoms with Crippen LogP contribution in [0.4, 0.5) is 0 Å². The lowest BCUT2D eigenvalue weighted by Gasteiger charge is -2.40. The molecule has 3 saturated heterocycles. The number of carbonyl (C=O) groups excluding carboxylic acids is 5. The van der Waals surface area contributed by atoms with Crippen LogP contribution in [0.3, 0.4) is 0 Å². The summed E-state index contributed by atoms with van der Waals surface area (Å²) < 4.78 is 52.7. The molecule has 95 heavy (non-hydrogen) atoms. The molecular weight excluding hydrogens is 1240 g/mol. The summed E-state index contributed by atoms with van der Waals surface area (Å²) in [6.07, 6.45) is 2.58. The van der Waals surface area contributed by atoms with Crippen molar-refractivity contribution < 1.29 is 113 Å². The van der Waals surface area contributed by atoms with Crippen LogP contribution in [0, 0.1) is 23.2 Å². The van der Waals surface area contributed by atoms with Crippen molar-refractivity contribution in [2.24, 2.45) is 23.2 Å². The summed E-state index contributed by atoms with van der Waals surface area (Å²) in [7, 11) is 0. The van der Waals surface area contributed by atoms with E-state index in [1.165, 1.54) is 0 Å². The molecule has 0 spiro atoms. The first kappa shape index (κ1) is 85.9. The Hall–Kier alpha value is -3.37. The molecule has 28 nitrogen and oxygen atoms in total. The van der Waals surface area contributed by atoms with E-state index < -0.39 is 123 Å². The van der Waals surface area contributed by atoms with Crippen LogP contribution >= 0.6 is 0 Å². The van der Waals surface area contributed by atoms with Crippen LogP contribution in [0.5, 0.6) is 0 Å². The summed E-state index contributed by atoms with van der Waals surface area (Å²) >= 11 is 0. The van der Waals surface area contributed by atoms with Crippen LogP contribution in [0.1, 0.15) is 189 Å². The molecule has 5 amide bonds. The molecule has 3 aliphatic rings. The average molecular weight is 1370 g/mol. The molecular formula is C67H125N5O23. The third-order valence-electron chi connectivity index (χ3n) is 17.5. The van der Waals surface area contributed by atoms with E-state index in [1.54, 1.807) is 20.8 Å². The van der Waals surface area contributed by atoms with E-state index in [2.05, 4.69) is 47.4 Å². The molecule has 3 fully saturated rings. The molecule has 0 saturated carbocycles. The normalized spacial score (nSPS) is 27.0. The van der Waals surface area contributed by atoms with Gasteiger partial charge in [0.05, 0.1) is 77.8 Å². The molecule has 28 heteroatoms. The maximum atomic E-state index is 13.9. The second-order valence-electron chi connectivity index (χ2n) is 27.3. The van der Waals surface area contributed by atoms with Gasteiger partial charge in [0.2, 0.25) is 29.5 Å². The highest BCUT2D eigenvalue weighted by atomic mass is 16.7. The van der Waals surface area contributed by atoms with Gasteiger partial charge in [-0.1, -0.05) is 99.3 Å². The van der Waals surface area contributed by atoms with Gasteiger partial charge in [0.15, 0.2) is 18.9 Å². The fourth-order valence-corrected chi connectivity index (χ4v) is 11.3. The molecule has 0 bridgehead atoms. The molecule has 15 atom stereocenters. The number of ether oxygens (including phenoxy) is 9. The second kappa shape index (κ2) is 49.2. The van der Waals surface area contributed by atoms with Crippen molar-refractivity contribution in [2.75, 3.05) is 105 Å². The van der Waals surface area contributed by atoms with Crippen molar-refractivity contribution in [2.45, 2.75) is 269 Å². The van der Waals surface area contributed by atoms with Crippen LogP contribution in [0.25, 0.3) is 0 Å². The molecule has 0 aliphatic carbocycles. The van der Waals surface area contributed by atoms with E-state index in [1.807, 2.05) is 0 Å². The number of amides is 5. The zero-order chi connectivity index (χ0) is 70.0. The largest absolute Gasteiger partial charge is 0.394 e. The summed E-state index contributed by atoms with van der Waals surface area (Å²) in [5.74, 6) is -2.77.